The summed E-state index contributed by atoms with van der Waals surface area (Å²) in [6.07, 6.45) is 0.329. The third kappa shape index (κ3) is 1.77. The van der Waals surface area contributed by atoms with Gasteiger partial charge in [0.15, 0.2) is 0 Å². The van der Waals surface area contributed by atoms with E-state index < -0.39 is 0 Å². The molecule has 0 aromatic heterocycles. The third-order valence-electron chi connectivity index (χ3n) is 2.98. The molecule has 4 heteroatoms. The number of fused-ring (bicyclic) bond motifs is 1. The van der Waals surface area contributed by atoms with Crippen molar-refractivity contribution < 1.29 is 9.18 Å². The Morgan fingerprint density at radius 1 is 1.22 bits per heavy atom. The minimum atomic E-state index is -0.361. The maximum absolute atomic E-state index is 13.8. The van der Waals surface area contributed by atoms with Crippen molar-refractivity contribution >= 4 is 23.2 Å². The highest BCUT2D eigenvalue weighted by molar-refractivity contribution is 6.33. The van der Waals surface area contributed by atoms with E-state index in [4.69, 9.17) is 11.6 Å². The molecule has 90 valence electrons. The predicted molar refractivity (Wildman–Crippen MR) is 69.2 cm³/mol. The van der Waals surface area contributed by atoms with Gasteiger partial charge in [0, 0.05) is 11.3 Å². The van der Waals surface area contributed by atoms with Crippen molar-refractivity contribution in [3.8, 4) is 11.1 Å². The Bertz CT molecular complexity index is 634. The largest absolute Gasteiger partial charge is 0.326 e. The maximum Gasteiger partial charge on any atom is 0.228 e. The van der Waals surface area contributed by atoms with Crippen LogP contribution in [0.25, 0.3) is 11.1 Å². The number of rotatable bonds is 1. The number of benzene rings is 2. The fourth-order valence-electron chi connectivity index (χ4n) is 2.16. The summed E-state index contributed by atoms with van der Waals surface area (Å²) in [5, 5.41) is 3.11. The first-order chi connectivity index (χ1) is 8.65. The number of amides is 1. The molecule has 0 aliphatic carbocycles. The molecule has 0 fully saturated rings. The van der Waals surface area contributed by atoms with Gasteiger partial charge >= 0.3 is 0 Å². The van der Waals surface area contributed by atoms with Gasteiger partial charge in [-0.2, -0.15) is 0 Å². The van der Waals surface area contributed by atoms with E-state index in [2.05, 4.69) is 5.32 Å². The lowest BCUT2D eigenvalue weighted by Gasteiger charge is -2.07. The van der Waals surface area contributed by atoms with Crippen LogP contribution in [0.1, 0.15) is 5.56 Å². The molecular weight excluding hydrogens is 253 g/mol. The molecular formula is C14H9ClFNO. The highest BCUT2D eigenvalue weighted by Crippen LogP contribution is 2.34. The minimum absolute atomic E-state index is 0.0400. The molecule has 1 amide bonds. The molecule has 0 saturated carbocycles. The number of carbonyl (C=O) groups excluding carboxylic acids is 1. The number of nitrogens with one attached hydrogen (secondary N) is 1. The molecule has 2 aromatic rings. The highest BCUT2D eigenvalue weighted by atomic mass is 35.5. The number of hydrogen-bond donors (Lipinski definition) is 1. The zero-order valence-corrected chi connectivity index (χ0v) is 10.1. The summed E-state index contributed by atoms with van der Waals surface area (Å²) in [6, 6.07) is 9.93. The lowest BCUT2D eigenvalue weighted by Crippen LogP contribution is -2.03. The van der Waals surface area contributed by atoms with Crippen LogP contribution < -0.4 is 5.32 Å². The first-order valence-corrected chi connectivity index (χ1v) is 5.90. The molecule has 2 aromatic carbocycles. The van der Waals surface area contributed by atoms with Gasteiger partial charge in [-0.05, 0) is 35.4 Å². The summed E-state index contributed by atoms with van der Waals surface area (Å²) in [4.78, 5) is 11.3. The van der Waals surface area contributed by atoms with Crippen LogP contribution in [0.3, 0.4) is 0 Å². The van der Waals surface area contributed by atoms with Crippen molar-refractivity contribution in [2.45, 2.75) is 6.42 Å². The van der Waals surface area contributed by atoms with Gasteiger partial charge in [-0.15, -0.1) is 0 Å². The maximum atomic E-state index is 13.8. The minimum Gasteiger partial charge on any atom is -0.326 e. The van der Waals surface area contributed by atoms with E-state index in [-0.39, 0.29) is 11.7 Å². The van der Waals surface area contributed by atoms with Crippen molar-refractivity contribution in [2.75, 3.05) is 5.32 Å². The van der Waals surface area contributed by atoms with E-state index in [9.17, 15) is 9.18 Å². The molecule has 0 saturated heterocycles. The quantitative estimate of drug-likeness (QED) is 0.834. The van der Waals surface area contributed by atoms with Crippen LogP contribution in [-0.4, -0.2) is 5.91 Å². The molecule has 0 unspecified atom stereocenters. The second-order valence-corrected chi connectivity index (χ2v) is 4.60. The molecule has 2 nitrogen and oxygen atoms in total. The summed E-state index contributed by atoms with van der Waals surface area (Å²) in [5.74, 6) is -0.401. The number of carbonyl (C=O) groups is 1. The van der Waals surface area contributed by atoms with Crippen LogP contribution in [0, 0.1) is 5.82 Å². The Balaban J connectivity index is 2.14. The Morgan fingerprint density at radius 3 is 2.83 bits per heavy atom. The molecule has 18 heavy (non-hydrogen) atoms. The predicted octanol–water partition coefficient (Wildman–Crippen LogP) is 3.64. The van der Waals surface area contributed by atoms with Crippen LogP contribution in [-0.2, 0) is 11.2 Å². The molecule has 0 bridgehead atoms. The van der Waals surface area contributed by atoms with E-state index in [1.165, 1.54) is 6.07 Å². The van der Waals surface area contributed by atoms with Gasteiger partial charge in [-0.3, -0.25) is 4.79 Å². The standard InChI is InChI=1S/C14H9ClFNO/c15-10-2-1-3-11(16)14(10)8-4-5-12-9(6-8)7-13(18)17-12/h1-6H,7H2,(H,17,18). The average molecular weight is 262 g/mol. The summed E-state index contributed by atoms with van der Waals surface area (Å²) >= 11 is 6.02. The van der Waals surface area contributed by atoms with Gasteiger partial charge in [0.1, 0.15) is 5.82 Å². The summed E-state index contributed by atoms with van der Waals surface area (Å²) in [7, 11) is 0. The first kappa shape index (κ1) is 11.2. The Kier molecular flexibility index (Phi) is 2.56. The van der Waals surface area contributed by atoms with Gasteiger partial charge in [-0.25, -0.2) is 4.39 Å². The van der Waals surface area contributed by atoms with Crippen molar-refractivity contribution in [2.24, 2.45) is 0 Å². The number of hydrogen-bond acceptors (Lipinski definition) is 1. The van der Waals surface area contributed by atoms with Crippen LogP contribution in [0.15, 0.2) is 36.4 Å². The van der Waals surface area contributed by atoms with E-state index in [1.54, 1.807) is 30.3 Å². The zero-order chi connectivity index (χ0) is 12.7. The third-order valence-corrected chi connectivity index (χ3v) is 3.30. The fourth-order valence-corrected chi connectivity index (χ4v) is 2.43. The molecule has 1 heterocycles. The molecule has 0 atom stereocenters. The van der Waals surface area contributed by atoms with Gasteiger partial charge < -0.3 is 5.32 Å². The fraction of sp³-hybridized carbons (Fsp3) is 0.0714. The zero-order valence-electron chi connectivity index (χ0n) is 9.34. The Hall–Kier alpha value is -1.87. The van der Waals surface area contributed by atoms with Crippen LogP contribution >= 0.6 is 11.6 Å². The monoisotopic (exact) mass is 261 g/mol. The van der Waals surface area contributed by atoms with Crippen LogP contribution in [0.4, 0.5) is 10.1 Å². The van der Waals surface area contributed by atoms with Crippen LogP contribution in [0.5, 0.6) is 0 Å². The van der Waals surface area contributed by atoms with Gasteiger partial charge in [-0.1, -0.05) is 23.7 Å². The molecule has 3 rings (SSSR count). The van der Waals surface area contributed by atoms with E-state index >= 15 is 0 Å². The lowest BCUT2D eigenvalue weighted by molar-refractivity contribution is -0.115. The van der Waals surface area contributed by atoms with Crippen molar-refractivity contribution in [1.82, 2.24) is 0 Å². The topological polar surface area (TPSA) is 29.1 Å². The summed E-state index contributed by atoms with van der Waals surface area (Å²) < 4.78 is 13.8. The SMILES string of the molecule is O=C1Cc2cc(-c3c(F)cccc3Cl)ccc2N1. The van der Waals surface area contributed by atoms with E-state index in [0.29, 0.717) is 22.6 Å². The molecule has 1 aliphatic rings. The van der Waals surface area contributed by atoms with Gasteiger partial charge in [0.05, 0.1) is 11.4 Å². The number of anilines is 1. The van der Waals surface area contributed by atoms with Crippen molar-refractivity contribution in [1.29, 1.82) is 0 Å². The van der Waals surface area contributed by atoms with Gasteiger partial charge in [0.25, 0.3) is 0 Å². The first-order valence-electron chi connectivity index (χ1n) is 5.52. The Labute approximate surface area is 108 Å². The Morgan fingerprint density at radius 2 is 2.06 bits per heavy atom. The lowest BCUT2D eigenvalue weighted by atomic mass is 10.0. The van der Waals surface area contributed by atoms with Crippen molar-refractivity contribution in [3.05, 3.63) is 52.8 Å². The van der Waals surface area contributed by atoms with E-state index in [1.807, 2.05) is 0 Å². The van der Waals surface area contributed by atoms with Crippen LogP contribution in [0.2, 0.25) is 5.02 Å². The molecule has 1 N–H and O–H groups in total. The average Bonchev–Trinajstić information content (AvgIpc) is 2.68. The molecule has 1 aliphatic heterocycles. The second kappa shape index (κ2) is 4.10. The van der Waals surface area contributed by atoms with Crippen molar-refractivity contribution in [3.63, 3.8) is 0 Å². The van der Waals surface area contributed by atoms with Gasteiger partial charge in [0.2, 0.25) is 5.91 Å². The normalized spacial score (nSPS) is 13.3. The number of halogens is 2. The molecule has 0 spiro atoms. The second-order valence-electron chi connectivity index (χ2n) is 4.19. The smallest absolute Gasteiger partial charge is 0.228 e. The molecule has 0 radical (unpaired) electrons. The highest BCUT2D eigenvalue weighted by Gasteiger charge is 2.19. The summed E-state index contributed by atoms with van der Waals surface area (Å²) in [6.45, 7) is 0. The summed E-state index contributed by atoms with van der Waals surface area (Å²) in [5.41, 5.74) is 2.72. The van der Waals surface area contributed by atoms with E-state index in [0.717, 1.165) is 11.3 Å².